The molecule has 0 spiro atoms. The molecule has 0 heterocycles. The van der Waals surface area contributed by atoms with E-state index in [0.717, 1.165) is 17.7 Å². The number of ether oxygens (including phenoxy) is 1. The third kappa shape index (κ3) is 2.51. The predicted molar refractivity (Wildman–Crippen MR) is 58.4 cm³/mol. The molecule has 2 heteroatoms. The number of benzene rings is 1. The number of terminal acetylenes is 1. The summed E-state index contributed by atoms with van der Waals surface area (Å²) in [7, 11) is 3.53. The van der Waals surface area contributed by atoms with Crippen molar-refractivity contribution in [1.82, 2.24) is 5.32 Å². The molecule has 0 aliphatic heterocycles. The minimum Gasteiger partial charge on any atom is -0.496 e. The number of likely N-dealkylation sites (N-methyl/N-ethyl adjacent to an activating group) is 1. The molecule has 0 saturated heterocycles. The maximum atomic E-state index is 5.37. The molecule has 1 atom stereocenters. The number of methoxy groups -OCH3 is 1. The number of hydrogen-bond donors (Lipinski definition) is 1. The molecule has 0 aliphatic rings. The zero-order valence-electron chi connectivity index (χ0n) is 8.58. The summed E-state index contributed by atoms with van der Waals surface area (Å²) in [6.45, 7) is 0. The van der Waals surface area contributed by atoms with Gasteiger partial charge in [0.05, 0.1) is 13.2 Å². The molecule has 74 valence electrons. The van der Waals surface area contributed by atoms with Gasteiger partial charge in [0.15, 0.2) is 0 Å². The van der Waals surface area contributed by atoms with E-state index in [1.165, 1.54) is 0 Å². The molecule has 1 aromatic carbocycles. The summed E-state index contributed by atoms with van der Waals surface area (Å²) in [5, 5.41) is 3.06. The fourth-order valence-electron chi connectivity index (χ4n) is 1.34. The molecular weight excluding hydrogens is 174 g/mol. The van der Waals surface area contributed by atoms with Crippen molar-refractivity contribution in [3.8, 4) is 18.1 Å². The molecule has 1 unspecified atom stereocenters. The molecule has 0 aliphatic carbocycles. The van der Waals surface area contributed by atoms with Gasteiger partial charge in [0.2, 0.25) is 0 Å². The van der Waals surface area contributed by atoms with Gasteiger partial charge in [-0.05, 0) is 18.7 Å². The number of hydrogen-bond acceptors (Lipinski definition) is 2. The summed E-state index contributed by atoms with van der Waals surface area (Å²) in [6, 6.07) is 7.97. The van der Waals surface area contributed by atoms with Gasteiger partial charge in [-0.15, -0.1) is 6.42 Å². The van der Waals surface area contributed by atoms with Crippen molar-refractivity contribution in [3.05, 3.63) is 29.8 Å². The highest BCUT2D eigenvalue weighted by atomic mass is 16.5. The van der Waals surface area contributed by atoms with E-state index in [-0.39, 0.29) is 6.04 Å². The molecule has 0 saturated carbocycles. The summed E-state index contributed by atoms with van der Waals surface area (Å²) < 4.78 is 5.24. The van der Waals surface area contributed by atoms with Crippen LogP contribution in [0.5, 0.6) is 5.75 Å². The van der Waals surface area contributed by atoms with E-state index < -0.39 is 0 Å². The van der Waals surface area contributed by atoms with Crippen LogP contribution in [0.1, 0.15) is 5.56 Å². The fourth-order valence-corrected chi connectivity index (χ4v) is 1.34. The van der Waals surface area contributed by atoms with Crippen molar-refractivity contribution in [1.29, 1.82) is 0 Å². The first-order valence-corrected chi connectivity index (χ1v) is 4.57. The van der Waals surface area contributed by atoms with E-state index in [1.54, 1.807) is 7.11 Å². The third-order valence-electron chi connectivity index (χ3n) is 2.17. The Morgan fingerprint density at radius 1 is 1.50 bits per heavy atom. The lowest BCUT2D eigenvalue weighted by molar-refractivity contribution is 0.408. The highest BCUT2D eigenvalue weighted by Crippen LogP contribution is 2.18. The highest BCUT2D eigenvalue weighted by molar-refractivity contribution is 5.34. The fraction of sp³-hybridized carbons (Fsp3) is 0.333. The van der Waals surface area contributed by atoms with E-state index in [9.17, 15) is 0 Å². The lowest BCUT2D eigenvalue weighted by Gasteiger charge is -2.12. The molecular formula is C12H15NO. The molecule has 14 heavy (non-hydrogen) atoms. The van der Waals surface area contributed by atoms with Gasteiger partial charge in [0.25, 0.3) is 0 Å². The molecule has 0 bridgehead atoms. The van der Waals surface area contributed by atoms with Gasteiger partial charge < -0.3 is 10.1 Å². The Morgan fingerprint density at radius 2 is 2.21 bits per heavy atom. The molecule has 1 aromatic rings. The van der Waals surface area contributed by atoms with Crippen molar-refractivity contribution >= 4 is 0 Å². The zero-order chi connectivity index (χ0) is 10.4. The largest absolute Gasteiger partial charge is 0.496 e. The monoisotopic (exact) mass is 189 g/mol. The first-order valence-electron chi connectivity index (χ1n) is 4.57. The highest BCUT2D eigenvalue weighted by Gasteiger charge is 2.07. The van der Waals surface area contributed by atoms with Crippen LogP contribution in [-0.2, 0) is 6.42 Å². The summed E-state index contributed by atoms with van der Waals surface area (Å²) in [6.07, 6.45) is 6.16. The van der Waals surface area contributed by atoms with Crippen LogP contribution >= 0.6 is 0 Å². The van der Waals surface area contributed by atoms with Crippen molar-refractivity contribution in [2.75, 3.05) is 14.2 Å². The van der Waals surface area contributed by atoms with Crippen LogP contribution < -0.4 is 10.1 Å². The Hall–Kier alpha value is -1.46. The smallest absolute Gasteiger partial charge is 0.122 e. The number of nitrogens with one attached hydrogen (secondary N) is 1. The van der Waals surface area contributed by atoms with Gasteiger partial charge in [-0.25, -0.2) is 0 Å². The lowest BCUT2D eigenvalue weighted by Crippen LogP contribution is -2.25. The molecule has 0 amide bonds. The Balaban J connectivity index is 2.80. The second-order valence-electron chi connectivity index (χ2n) is 3.02. The second kappa shape index (κ2) is 5.31. The Morgan fingerprint density at radius 3 is 2.79 bits per heavy atom. The minimum atomic E-state index is 0.0614. The SMILES string of the molecule is C#CC(Cc1ccccc1OC)NC. The van der Waals surface area contributed by atoms with Crippen molar-refractivity contribution in [2.45, 2.75) is 12.5 Å². The van der Waals surface area contributed by atoms with Crippen molar-refractivity contribution in [2.24, 2.45) is 0 Å². The molecule has 2 nitrogen and oxygen atoms in total. The maximum Gasteiger partial charge on any atom is 0.122 e. The van der Waals surface area contributed by atoms with E-state index in [1.807, 2.05) is 31.3 Å². The first-order chi connectivity index (χ1) is 6.81. The van der Waals surface area contributed by atoms with Gasteiger partial charge in [-0.3, -0.25) is 0 Å². The summed E-state index contributed by atoms with van der Waals surface area (Å²) in [5.74, 6) is 3.58. The minimum absolute atomic E-state index is 0.0614. The molecule has 1 N–H and O–H groups in total. The van der Waals surface area contributed by atoms with E-state index in [4.69, 9.17) is 11.2 Å². The normalized spacial score (nSPS) is 11.8. The Labute approximate surface area is 85.3 Å². The quantitative estimate of drug-likeness (QED) is 0.724. The summed E-state index contributed by atoms with van der Waals surface area (Å²) in [4.78, 5) is 0. The lowest BCUT2D eigenvalue weighted by atomic mass is 10.1. The van der Waals surface area contributed by atoms with Crippen LogP contribution in [-0.4, -0.2) is 20.2 Å². The van der Waals surface area contributed by atoms with Crippen LogP contribution in [0.25, 0.3) is 0 Å². The van der Waals surface area contributed by atoms with Gasteiger partial charge >= 0.3 is 0 Å². The molecule has 0 aromatic heterocycles. The first kappa shape index (κ1) is 10.6. The summed E-state index contributed by atoms with van der Waals surface area (Å²) >= 11 is 0. The summed E-state index contributed by atoms with van der Waals surface area (Å²) in [5.41, 5.74) is 1.13. The second-order valence-corrected chi connectivity index (χ2v) is 3.02. The van der Waals surface area contributed by atoms with Crippen LogP contribution in [0.4, 0.5) is 0 Å². The Bertz CT molecular complexity index is 327. The topological polar surface area (TPSA) is 21.3 Å². The van der Waals surface area contributed by atoms with E-state index >= 15 is 0 Å². The van der Waals surface area contributed by atoms with Crippen LogP contribution in [0.15, 0.2) is 24.3 Å². The maximum absolute atomic E-state index is 5.37. The van der Waals surface area contributed by atoms with Crippen molar-refractivity contribution in [3.63, 3.8) is 0 Å². The molecule has 0 radical (unpaired) electrons. The predicted octanol–water partition coefficient (Wildman–Crippen LogP) is 1.46. The van der Waals surface area contributed by atoms with Gasteiger partial charge in [-0.1, -0.05) is 24.1 Å². The van der Waals surface area contributed by atoms with Crippen LogP contribution in [0, 0.1) is 12.3 Å². The van der Waals surface area contributed by atoms with Gasteiger partial charge in [-0.2, -0.15) is 0 Å². The Kier molecular flexibility index (Phi) is 4.03. The zero-order valence-corrected chi connectivity index (χ0v) is 8.58. The van der Waals surface area contributed by atoms with Crippen LogP contribution in [0.3, 0.4) is 0 Å². The van der Waals surface area contributed by atoms with Gasteiger partial charge in [0.1, 0.15) is 5.75 Å². The van der Waals surface area contributed by atoms with E-state index in [0.29, 0.717) is 0 Å². The van der Waals surface area contributed by atoms with E-state index in [2.05, 4.69) is 11.2 Å². The standard InChI is InChI=1S/C12H15NO/c1-4-11(13-2)9-10-7-5-6-8-12(10)14-3/h1,5-8,11,13H,9H2,2-3H3. The average molecular weight is 189 g/mol. The molecule has 0 fully saturated rings. The third-order valence-corrected chi connectivity index (χ3v) is 2.17. The number of para-hydroxylation sites is 1. The number of rotatable bonds is 4. The van der Waals surface area contributed by atoms with Gasteiger partial charge in [0, 0.05) is 6.42 Å². The average Bonchev–Trinajstić information content (AvgIpc) is 2.26. The van der Waals surface area contributed by atoms with Crippen LogP contribution in [0.2, 0.25) is 0 Å². The van der Waals surface area contributed by atoms with Crippen molar-refractivity contribution < 1.29 is 4.74 Å². The molecule has 1 rings (SSSR count).